The summed E-state index contributed by atoms with van der Waals surface area (Å²) in [5.41, 5.74) is 7.56. The minimum Gasteiger partial charge on any atom is -0.382 e. The highest BCUT2D eigenvalue weighted by molar-refractivity contribution is 6.30. The second kappa shape index (κ2) is 3.90. The topological polar surface area (TPSA) is 56.7 Å². The molecule has 2 rings (SSSR count). The van der Waals surface area contributed by atoms with Gasteiger partial charge in [-0.3, -0.25) is 0 Å². The number of anilines is 1. The SMILES string of the molecule is CCc1nnn(-c2ccc(Cl)cc2)c1N. The van der Waals surface area contributed by atoms with Crippen LogP contribution in [0.4, 0.5) is 5.82 Å². The molecule has 0 aliphatic rings. The van der Waals surface area contributed by atoms with Crippen LogP contribution in [-0.4, -0.2) is 15.0 Å². The molecule has 2 aromatic rings. The standard InChI is InChI=1S/C10H11ClN4/c1-2-9-10(12)15(14-13-9)8-5-3-7(11)4-6-8/h3-6H,2,12H2,1H3. The Bertz CT molecular complexity index is 461. The first-order valence-electron chi connectivity index (χ1n) is 4.68. The molecule has 0 amide bonds. The molecule has 5 heteroatoms. The van der Waals surface area contributed by atoms with Gasteiger partial charge in [-0.1, -0.05) is 23.7 Å². The lowest BCUT2D eigenvalue weighted by Crippen LogP contribution is -2.02. The lowest BCUT2D eigenvalue weighted by molar-refractivity contribution is 0.803. The molecule has 78 valence electrons. The molecule has 0 unspecified atom stereocenters. The van der Waals surface area contributed by atoms with Crippen LogP contribution in [0.1, 0.15) is 12.6 Å². The van der Waals surface area contributed by atoms with Crippen molar-refractivity contribution >= 4 is 17.4 Å². The summed E-state index contributed by atoms with van der Waals surface area (Å²) in [4.78, 5) is 0. The van der Waals surface area contributed by atoms with Crippen molar-refractivity contribution < 1.29 is 0 Å². The summed E-state index contributed by atoms with van der Waals surface area (Å²) in [5, 5.41) is 8.66. The predicted molar refractivity (Wildman–Crippen MR) is 60.2 cm³/mol. The van der Waals surface area contributed by atoms with Crippen molar-refractivity contribution in [3.63, 3.8) is 0 Å². The van der Waals surface area contributed by atoms with E-state index in [0.717, 1.165) is 17.8 Å². The number of hydrogen-bond donors (Lipinski definition) is 1. The van der Waals surface area contributed by atoms with Gasteiger partial charge < -0.3 is 5.73 Å². The van der Waals surface area contributed by atoms with Gasteiger partial charge in [0, 0.05) is 5.02 Å². The van der Waals surface area contributed by atoms with Gasteiger partial charge in [-0.05, 0) is 30.7 Å². The molecule has 0 radical (unpaired) electrons. The molecule has 0 saturated heterocycles. The number of nitrogen functional groups attached to an aromatic ring is 1. The van der Waals surface area contributed by atoms with E-state index in [4.69, 9.17) is 17.3 Å². The highest BCUT2D eigenvalue weighted by Gasteiger charge is 2.08. The largest absolute Gasteiger partial charge is 0.382 e. The monoisotopic (exact) mass is 222 g/mol. The van der Waals surface area contributed by atoms with E-state index in [-0.39, 0.29) is 0 Å². The predicted octanol–water partition coefficient (Wildman–Crippen LogP) is 2.07. The first kappa shape index (κ1) is 9.98. The Kier molecular flexibility index (Phi) is 2.60. The van der Waals surface area contributed by atoms with Crippen molar-refractivity contribution in [1.82, 2.24) is 15.0 Å². The minimum atomic E-state index is 0.583. The number of nitrogens with two attached hydrogens (primary N) is 1. The van der Waals surface area contributed by atoms with Crippen molar-refractivity contribution in [2.75, 3.05) is 5.73 Å². The molecule has 15 heavy (non-hydrogen) atoms. The Morgan fingerprint density at radius 3 is 2.53 bits per heavy atom. The van der Waals surface area contributed by atoms with Crippen LogP contribution in [0.3, 0.4) is 0 Å². The highest BCUT2D eigenvalue weighted by atomic mass is 35.5. The summed E-state index contributed by atoms with van der Waals surface area (Å²) in [6, 6.07) is 7.30. The average Bonchev–Trinajstić information content (AvgIpc) is 2.61. The first-order valence-corrected chi connectivity index (χ1v) is 5.06. The van der Waals surface area contributed by atoms with Crippen LogP contribution in [0.25, 0.3) is 5.69 Å². The van der Waals surface area contributed by atoms with Crippen molar-refractivity contribution in [2.24, 2.45) is 0 Å². The maximum atomic E-state index is 5.89. The summed E-state index contributed by atoms with van der Waals surface area (Å²) < 4.78 is 1.61. The Labute approximate surface area is 92.7 Å². The number of benzene rings is 1. The summed E-state index contributed by atoms with van der Waals surface area (Å²) in [5.74, 6) is 0.583. The second-order valence-electron chi connectivity index (χ2n) is 3.16. The lowest BCUT2D eigenvalue weighted by atomic mass is 10.3. The normalized spacial score (nSPS) is 10.5. The molecular weight excluding hydrogens is 212 g/mol. The number of rotatable bonds is 2. The fourth-order valence-electron chi connectivity index (χ4n) is 1.35. The molecule has 0 atom stereocenters. The maximum absolute atomic E-state index is 5.89. The van der Waals surface area contributed by atoms with Crippen LogP contribution in [0.2, 0.25) is 5.02 Å². The summed E-state index contributed by atoms with van der Waals surface area (Å²) >= 11 is 5.79. The Hall–Kier alpha value is -1.55. The third-order valence-electron chi connectivity index (χ3n) is 2.18. The van der Waals surface area contributed by atoms with Crippen molar-refractivity contribution in [1.29, 1.82) is 0 Å². The second-order valence-corrected chi connectivity index (χ2v) is 3.60. The van der Waals surface area contributed by atoms with Crippen LogP contribution in [0.5, 0.6) is 0 Å². The Morgan fingerprint density at radius 1 is 1.33 bits per heavy atom. The maximum Gasteiger partial charge on any atom is 0.151 e. The molecule has 0 bridgehead atoms. The van der Waals surface area contributed by atoms with Gasteiger partial charge in [0.25, 0.3) is 0 Å². The van der Waals surface area contributed by atoms with Crippen molar-refractivity contribution in [2.45, 2.75) is 13.3 Å². The third kappa shape index (κ3) is 1.80. The number of nitrogens with zero attached hydrogens (tertiary/aromatic N) is 3. The number of hydrogen-bond acceptors (Lipinski definition) is 3. The number of halogens is 1. The smallest absolute Gasteiger partial charge is 0.151 e. The molecule has 1 aromatic heterocycles. The summed E-state index contributed by atoms with van der Waals surface area (Å²) in [6.45, 7) is 1.99. The van der Waals surface area contributed by atoms with Crippen LogP contribution in [0.15, 0.2) is 24.3 Å². The fourth-order valence-corrected chi connectivity index (χ4v) is 1.47. The van der Waals surface area contributed by atoms with E-state index in [1.165, 1.54) is 0 Å². The molecule has 0 saturated carbocycles. The van der Waals surface area contributed by atoms with E-state index >= 15 is 0 Å². The molecule has 0 fully saturated rings. The van der Waals surface area contributed by atoms with Gasteiger partial charge in [-0.25, -0.2) is 0 Å². The number of aromatic nitrogens is 3. The molecule has 0 aliphatic carbocycles. The Morgan fingerprint density at radius 2 is 2.00 bits per heavy atom. The van der Waals surface area contributed by atoms with E-state index in [0.29, 0.717) is 10.8 Å². The summed E-state index contributed by atoms with van der Waals surface area (Å²) in [7, 11) is 0. The zero-order chi connectivity index (χ0) is 10.8. The molecule has 2 N–H and O–H groups in total. The van der Waals surface area contributed by atoms with Crippen LogP contribution in [-0.2, 0) is 6.42 Å². The van der Waals surface area contributed by atoms with E-state index in [9.17, 15) is 0 Å². The van der Waals surface area contributed by atoms with Gasteiger partial charge >= 0.3 is 0 Å². The molecule has 0 spiro atoms. The van der Waals surface area contributed by atoms with Crippen LogP contribution >= 0.6 is 11.6 Å². The van der Waals surface area contributed by atoms with E-state index in [1.54, 1.807) is 16.8 Å². The van der Waals surface area contributed by atoms with Gasteiger partial charge in [0.2, 0.25) is 0 Å². The van der Waals surface area contributed by atoms with Crippen molar-refractivity contribution in [3.05, 3.63) is 35.0 Å². The van der Waals surface area contributed by atoms with E-state index in [2.05, 4.69) is 10.3 Å². The fraction of sp³-hybridized carbons (Fsp3) is 0.200. The van der Waals surface area contributed by atoms with Gasteiger partial charge in [0.15, 0.2) is 5.82 Å². The zero-order valence-electron chi connectivity index (χ0n) is 8.31. The summed E-state index contributed by atoms with van der Waals surface area (Å²) in [6.07, 6.45) is 0.777. The van der Waals surface area contributed by atoms with Crippen LogP contribution in [0, 0.1) is 0 Å². The Balaban J connectivity index is 2.45. The first-order chi connectivity index (χ1) is 7.22. The molecular formula is C10H11ClN4. The third-order valence-corrected chi connectivity index (χ3v) is 2.44. The molecule has 4 nitrogen and oxygen atoms in total. The van der Waals surface area contributed by atoms with Crippen LogP contribution < -0.4 is 5.73 Å². The van der Waals surface area contributed by atoms with Gasteiger partial charge in [0.05, 0.1) is 5.69 Å². The van der Waals surface area contributed by atoms with Crippen molar-refractivity contribution in [3.8, 4) is 5.69 Å². The van der Waals surface area contributed by atoms with Gasteiger partial charge in [-0.2, -0.15) is 4.68 Å². The highest BCUT2D eigenvalue weighted by Crippen LogP contribution is 2.17. The molecule has 1 heterocycles. The zero-order valence-corrected chi connectivity index (χ0v) is 9.07. The quantitative estimate of drug-likeness (QED) is 0.846. The number of aryl methyl sites for hydroxylation is 1. The van der Waals surface area contributed by atoms with Gasteiger partial charge in [-0.15, -0.1) is 5.10 Å². The van der Waals surface area contributed by atoms with E-state index < -0.39 is 0 Å². The minimum absolute atomic E-state index is 0.583. The van der Waals surface area contributed by atoms with E-state index in [1.807, 2.05) is 19.1 Å². The lowest BCUT2D eigenvalue weighted by Gasteiger charge is -2.02. The molecule has 0 aliphatic heterocycles. The molecule has 1 aromatic carbocycles. The van der Waals surface area contributed by atoms with Gasteiger partial charge in [0.1, 0.15) is 5.69 Å². The average molecular weight is 223 g/mol.